The van der Waals surface area contributed by atoms with Gasteiger partial charge in [0.1, 0.15) is 0 Å². The summed E-state index contributed by atoms with van der Waals surface area (Å²) < 4.78 is 25.0. The molecule has 0 aliphatic carbocycles. The minimum atomic E-state index is -2.73. The second kappa shape index (κ2) is 8.58. The van der Waals surface area contributed by atoms with Crippen LogP contribution in [0.15, 0.2) is 22.0 Å². The van der Waals surface area contributed by atoms with Gasteiger partial charge in [-0.2, -0.15) is 19.0 Å². The molecular formula is C12H21F2N5. The summed E-state index contributed by atoms with van der Waals surface area (Å²) in [6, 6.07) is 0. The van der Waals surface area contributed by atoms with Crippen molar-refractivity contribution in [2.45, 2.75) is 26.8 Å². The summed E-state index contributed by atoms with van der Waals surface area (Å²) in [6.07, 6.45) is 5.27. The van der Waals surface area contributed by atoms with Crippen molar-refractivity contribution in [3.05, 3.63) is 11.8 Å². The Morgan fingerprint density at radius 3 is 2.58 bits per heavy atom. The van der Waals surface area contributed by atoms with Crippen LogP contribution in [0.3, 0.4) is 0 Å². The average Bonchev–Trinajstić information content (AvgIpc) is 2.43. The van der Waals surface area contributed by atoms with Gasteiger partial charge in [0.2, 0.25) is 0 Å². The van der Waals surface area contributed by atoms with E-state index in [1.165, 1.54) is 12.4 Å². The summed E-state index contributed by atoms with van der Waals surface area (Å²) >= 11 is 0. The van der Waals surface area contributed by atoms with E-state index in [1.807, 2.05) is 6.92 Å². The average molecular weight is 273 g/mol. The number of hydrogen-bond donors (Lipinski definition) is 1. The number of hydrogen-bond acceptors (Lipinski definition) is 5. The third-order valence-corrected chi connectivity index (χ3v) is 2.75. The van der Waals surface area contributed by atoms with E-state index in [4.69, 9.17) is 0 Å². The Morgan fingerprint density at radius 1 is 1.37 bits per heavy atom. The zero-order valence-electron chi connectivity index (χ0n) is 11.4. The van der Waals surface area contributed by atoms with Crippen LogP contribution in [0.25, 0.3) is 0 Å². The monoisotopic (exact) mass is 273 g/mol. The smallest absolute Gasteiger partial charge is 0.348 e. The van der Waals surface area contributed by atoms with Crippen LogP contribution in [-0.4, -0.2) is 55.2 Å². The van der Waals surface area contributed by atoms with E-state index in [0.717, 1.165) is 38.3 Å². The maximum atomic E-state index is 12.5. The summed E-state index contributed by atoms with van der Waals surface area (Å²) in [7, 11) is 0. The molecule has 0 atom stereocenters. The van der Waals surface area contributed by atoms with E-state index >= 15 is 0 Å². The maximum absolute atomic E-state index is 12.5. The number of piperazine rings is 1. The first-order valence-electron chi connectivity index (χ1n) is 6.43. The molecule has 1 aliphatic rings. The van der Waals surface area contributed by atoms with Crippen LogP contribution in [0, 0.1) is 0 Å². The molecule has 1 rings (SSSR count). The molecule has 1 aliphatic heterocycles. The van der Waals surface area contributed by atoms with E-state index in [2.05, 4.69) is 20.4 Å². The normalized spacial score (nSPS) is 17.9. The molecular weight excluding hydrogens is 252 g/mol. The summed E-state index contributed by atoms with van der Waals surface area (Å²) in [4.78, 5) is 2.23. The Labute approximate surface area is 112 Å². The predicted octanol–water partition coefficient (Wildman–Crippen LogP) is 1.70. The largest absolute Gasteiger partial charge is 0.372 e. The lowest BCUT2D eigenvalue weighted by Crippen LogP contribution is -2.42. The van der Waals surface area contributed by atoms with Crippen molar-refractivity contribution in [1.29, 1.82) is 0 Å². The highest BCUT2D eigenvalue weighted by molar-refractivity contribution is 5.71. The Morgan fingerprint density at radius 2 is 2.05 bits per heavy atom. The third kappa shape index (κ3) is 5.34. The van der Waals surface area contributed by atoms with Crippen LogP contribution in [0.4, 0.5) is 8.78 Å². The molecule has 0 saturated carbocycles. The Balaban J connectivity index is 2.64. The van der Waals surface area contributed by atoms with Crippen LogP contribution >= 0.6 is 0 Å². The zero-order chi connectivity index (χ0) is 14.1. The summed E-state index contributed by atoms with van der Waals surface area (Å²) in [5.41, 5.74) is 1.10. The van der Waals surface area contributed by atoms with Gasteiger partial charge in [-0.15, -0.1) is 5.12 Å². The highest BCUT2D eigenvalue weighted by atomic mass is 19.3. The van der Waals surface area contributed by atoms with Crippen LogP contribution in [-0.2, 0) is 0 Å². The number of nitrogens with one attached hydrogen (secondary N) is 1. The predicted molar refractivity (Wildman–Crippen MR) is 73.3 cm³/mol. The molecule has 1 heterocycles. The van der Waals surface area contributed by atoms with Crippen LogP contribution in [0.2, 0.25) is 0 Å². The van der Waals surface area contributed by atoms with Gasteiger partial charge in [0.15, 0.2) is 0 Å². The first-order valence-corrected chi connectivity index (χ1v) is 6.43. The van der Waals surface area contributed by atoms with Gasteiger partial charge in [-0.05, 0) is 19.4 Å². The lowest BCUT2D eigenvalue weighted by molar-refractivity contribution is -0.0233. The number of hydrazone groups is 2. The lowest BCUT2D eigenvalue weighted by Gasteiger charge is -2.31. The molecule has 0 aromatic carbocycles. The number of rotatable bonds is 6. The summed E-state index contributed by atoms with van der Waals surface area (Å²) in [5, 5.41) is 10.8. The third-order valence-electron chi connectivity index (χ3n) is 2.75. The number of halogens is 2. The first kappa shape index (κ1) is 15.6. The van der Waals surface area contributed by atoms with E-state index in [-0.39, 0.29) is 0 Å². The lowest BCUT2D eigenvalue weighted by atomic mass is 10.2. The Kier molecular flexibility index (Phi) is 7.02. The second-order valence-electron chi connectivity index (χ2n) is 3.98. The fourth-order valence-corrected chi connectivity index (χ4v) is 1.84. The van der Waals surface area contributed by atoms with Crippen LogP contribution in [0.1, 0.15) is 20.3 Å². The van der Waals surface area contributed by atoms with Gasteiger partial charge in [-0.3, -0.25) is 0 Å². The molecule has 1 N–H and O–H groups in total. The van der Waals surface area contributed by atoms with Crippen LogP contribution in [0.5, 0.6) is 0 Å². The SMILES string of the molecule is C/C=N\N(/N=C\C=C(/CC)N1CCNCC1)C(F)F. The molecule has 5 nitrogen and oxygen atoms in total. The van der Waals surface area contributed by atoms with E-state index < -0.39 is 6.55 Å². The van der Waals surface area contributed by atoms with Gasteiger partial charge >= 0.3 is 6.55 Å². The van der Waals surface area contributed by atoms with Crippen molar-refractivity contribution >= 4 is 12.4 Å². The maximum Gasteiger partial charge on any atom is 0.348 e. The van der Waals surface area contributed by atoms with Gasteiger partial charge in [0.05, 0.1) is 6.21 Å². The summed E-state index contributed by atoms with van der Waals surface area (Å²) in [6.45, 7) is 4.62. The topological polar surface area (TPSA) is 43.2 Å². The molecule has 0 unspecified atom stereocenters. The van der Waals surface area contributed by atoms with Crippen molar-refractivity contribution < 1.29 is 8.78 Å². The van der Waals surface area contributed by atoms with Crippen molar-refractivity contribution in [2.75, 3.05) is 26.2 Å². The highest BCUT2D eigenvalue weighted by Crippen LogP contribution is 2.09. The van der Waals surface area contributed by atoms with Crippen LogP contribution < -0.4 is 5.32 Å². The van der Waals surface area contributed by atoms with Gasteiger partial charge < -0.3 is 10.2 Å². The highest BCUT2D eigenvalue weighted by Gasteiger charge is 2.12. The van der Waals surface area contributed by atoms with Crippen molar-refractivity contribution in [1.82, 2.24) is 15.3 Å². The number of alkyl halides is 2. The summed E-state index contributed by atoms with van der Waals surface area (Å²) in [5.74, 6) is 0. The first-order chi connectivity index (χ1) is 9.19. The van der Waals surface area contributed by atoms with Crippen molar-refractivity contribution in [3.63, 3.8) is 0 Å². The molecule has 0 aromatic heterocycles. The zero-order valence-corrected chi connectivity index (χ0v) is 11.4. The number of allylic oxidation sites excluding steroid dienone is 2. The van der Waals surface area contributed by atoms with Crippen molar-refractivity contribution in [3.8, 4) is 0 Å². The molecule has 0 bridgehead atoms. The quantitative estimate of drug-likeness (QED) is 0.455. The minimum absolute atomic E-state index is 0.390. The molecule has 19 heavy (non-hydrogen) atoms. The molecule has 0 radical (unpaired) electrons. The molecule has 0 amide bonds. The Bertz CT molecular complexity index is 335. The van der Waals surface area contributed by atoms with Gasteiger partial charge in [0, 0.05) is 38.1 Å². The molecule has 1 saturated heterocycles. The molecule has 0 aromatic rings. The van der Waals surface area contributed by atoms with E-state index in [0.29, 0.717) is 5.12 Å². The van der Waals surface area contributed by atoms with E-state index in [1.54, 1.807) is 13.0 Å². The van der Waals surface area contributed by atoms with E-state index in [9.17, 15) is 8.78 Å². The fraction of sp³-hybridized carbons (Fsp3) is 0.667. The molecule has 1 fully saturated rings. The number of nitrogens with zero attached hydrogens (tertiary/aromatic N) is 4. The standard InChI is InChI=1S/C12H21F2N5/c1-3-11(18-9-7-15-8-10-18)5-6-17-19(12(13)14)16-4-2/h4-6,12,15H,3,7-10H2,1-2H3/b11-5+,16-4-,17-6-. The Hall–Kier alpha value is -1.50. The van der Waals surface area contributed by atoms with Gasteiger partial charge in [0.25, 0.3) is 0 Å². The fourth-order valence-electron chi connectivity index (χ4n) is 1.84. The molecule has 0 spiro atoms. The second-order valence-corrected chi connectivity index (χ2v) is 3.98. The molecule has 7 heteroatoms. The molecule has 108 valence electrons. The van der Waals surface area contributed by atoms with Crippen molar-refractivity contribution in [2.24, 2.45) is 10.2 Å². The minimum Gasteiger partial charge on any atom is -0.372 e. The van der Waals surface area contributed by atoms with Gasteiger partial charge in [-0.1, -0.05) is 6.92 Å². The van der Waals surface area contributed by atoms with Gasteiger partial charge in [-0.25, -0.2) is 0 Å².